The summed E-state index contributed by atoms with van der Waals surface area (Å²) in [6.45, 7) is 0.575. The molecule has 0 bridgehead atoms. The van der Waals surface area contributed by atoms with Crippen LogP contribution in [0.5, 0.6) is 5.75 Å². The summed E-state index contributed by atoms with van der Waals surface area (Å²) in [6.07, 6.45) is 0.923. The van der Waals surface area contributed by atoms with Crippen LogP contribution >= 0.6 is 8.58 Å². The van der Waals surface area contributed by atoms with Gasteiger partial charge in [0.1, 0.15) is 12.4 Å². The molecule has 31 heavy (non-hydrogen) atoms. The summed E-state index contributed by atoms with van der Waals surface area (Å²) in [4.78, 5) is 2.18. The predicted octanol–water partition coefficient (Wildman–Crippen LogP) is 5.55. The van der Waals surface area contributed by atoms with Crippen LogP contribution in [0.3, 0.4) is 0 Å². The van der Waals surface area contributed by atoms with Crippen molar-refractivity contribution in [2.24, 2.45) is 0 Å². The van der Waals surface area contributed by atoms with Crippen molar-refractivity contribution < 1.29 is 4.74 Å². The molecule has 0 aliphatic rings. The quantitative estimate of drug-likeness (QED) is 0.343. The number of benzene rings is 4. The Morgan fingerprint density at radius 3 is 2.00 bits per heavy atom. The van der Waals surface area contributed by atoms with Crippen molar-refractivity contribution in [2.45, 2.75) is 13.0 Å². The highest BCUT2D eigenvalue weighted by atomic mass is 31.1. The smallest absolute Gasteiger partial charge is 0.127 e. The molecule has 2 nitrogen and oxygen atoms in total. The lowest BCUT2D eigenvalue weighted by Crippen LogP contribution is -2.18. The number of para-hydroxylation sites is 1. The molecule has 0 amide bonds. The van der Waals surface area contributed by atoms with Gasteiger partial charge in [0.2, 0.25) is 0 Å². The van der Waals surface area contributed by atoms with Crippen molar-refractivity contribution in [3.8, 4) is 5.75 Å². The molecule has 0 saturated carbocycles. The Bertz CT molecular complexity index is 1110. The van der Waals surface area contributed by atoms with Gasteiger partial charge in [-0.1, -0.05) is 93.5 Å². The Hall–Kier alpha value is -3.09. The second kappa shape index (κ2) is 10.3. The van der Waals surface area contributed by atoms with Crippen molar-refractivity contribution in [3.63, 3.8) is 0 Å². The summed E-state index contributed by atoms with van der Waals surface area (Å²) in [5.74, 6) is 0.965. The molecule has 0 saturated heterocycles. The normalized spacial score (nSPS) is 11.0. The van der Waals surface area contributed by atoms with Crippen molar-refractivity contribution in [2.75, 3.05) is 19.0 Å². The van der Waals surface area contributed by atoms with E-state index in [1.54, 1.807) is 0 Å². The Morgan fingerprint density at radius 1 is 0.645 bits per heavy atom. The van der Waals surface area contributed by atoms with Crippen LogP contribution in [-0.4, -0.2) is 14.1 Å². The second-order valence-corrected chi connectivity index (χ2v) is 9.13. The molecular weight excluding hydrogens is 397 g/mol. The molecule has 0 spiro atoms. The maximum absolute atomic E-state index is 6.29. The Kier molecular flexibility index (Phi) is 7.02. The fourth-order valence-corrected chi connectivity index (χ4v) is 5.03. The van der Waals surface area contributed by atoms with Gasteiger partial charge in [0.15, 0.2) is 0 Å². The molecule has 0 heterocycles. The van der Waals surface area contributed by atoms with Gasteiger partial charge in [0.25, 0.3) is 0 Å². The molecule has 0 aliphatic heterocycles. The first-order chi connectivity index (χ1) is 15.2. The van der Waals surface area contributed by atoms with Crippen LogP contribution in [0.4, 0.5) is 5.69 Å². The molecule has 0 fully saturated rings. The van der Waals surface area contributed by atoms with E-state index in [4.69, 9.17) is 4.74 Å². The fourth-order valence-electron chi connectivity index (χ4n) is 3.59. The average Bonchev–Trinajstić information content (AvgIpc) is 2.80. The van der Waals surface area contributed by atoms with Crippen LogP contribution in [0.1, 0.15) is 16.7 Å². The standard InChI is InChI=1S/C28H28NOP/c1-29(2)25-15-9-10-16-27(25)31-28-20-24(19-22-11-5-3-6-12-22)17-18-26(28)30-21-23-13-7-4-8-14-23/h3-18,20,31H,19,21H2,1-2H3. The summed E-state index contributed by atoms with van der Waals surface area (Å²) in [7, 11) is 4.72. The van der Waals surface area contributed by atoms with Crippen LogP contribution in [0, 0.1) is 0 Å². The summed E-state index contributed by atoms with van der Waals surface area (Å²) < 4.78 is 6.29. The Morgan fingerprint density at radius 2 is 1.29 bits per heavy atom. The van der Waals surface area contributed by atoms with E-state index in [1.807, 2.05) is 6.07 Å². The van der Waals surface area contributed by atoms with E-state index >= 15 is 0 Å². The van der Waals surface area contributed by atoms with E-state index < -0.39 is 0 Å². The van der Waals surface area contributed by atoms with Gasteiger partial charge < -0.3 is 9.64 Å². The molecule has 0 aromatic heterocycles. The molecular formula is C28H28NOP. The minimum Gasteiger partial charge on any atom is -0.488 e. The van der Waals surface area contributed by atoms with Crippen LogP contribution in [0.15, 0.2) is 103 Å². The van der Waals surface area contributed by atoms with E-state index in [0.717, 1.165) is 12.2 Å². The molecule has 3 heteroatoms. The number of ether oxygens (including phenoxy) is 1. The topological polar surface area (TPSA) is 12.5 Å². The van der Waals surface area contributed by atoms with Crippen LogP contribution in [0.2, 0.25) is 0 Å². The molecule has 4 rings (SSSR count). The number of nitrogens with zero attached hydrogens (tertiary/aromatic N) is 1. The number of hydrogen-bond donors (Lipinski definition) is 0. The third kappa shape index (κ3) is 5.75. The number of hydrogen-bond acceptors (Lipinski definition) is 2. The molecule has 4 aromatic rings. The maximum Gasteiger partial charge on any atom is 0.127 e. The van der Waals surface area contributed by atoms with Crippen molar-refractivity contribution in [1.82, 2.24) is 0 Å². The average molecular weight is 426 g/mol. The molecule has 0 N–H and O–H groups in total. The van der Waals surface area contributed by atoms with Gasteiger partial charge in [-0.3, -0.25) is 0 Å². The maximum atomic E-state index is 6.29. The van der Waals surface area contributed by atoms with E-state index in [1.165, 1.54) is 33.0 Å². The molecule has 0 aliphatic carbocycles. The first-order valence-electron chi connectivity index (χ1n) is 10.6. The number of anilines is 1. The van der Waals surface area contributed by atoms with Gasteiger partial charge in [-0.2, -0.15) is 0 Å². The van der Waals surface area contributed by atoms with Crippen molar-refractivity contribution >= 4 is 24.9 Å². The lowest BCUT2D eigenvalue weighted by Gasteiger charge is -2.19. The SMILES string of the molecule is CN(C)c1ccccc1Pc1cc(Cc2ccccc2)ccc1OCc1ccccc1. The highest BCUT2D eigenvalue weighted by Crippen LogP contribution is 2.26. The van der Waals surface area contributed by atoms with Crippen LogP contribution in [0.25, 0.3) is 0 Å². The zero-order chi connectivity index (χ0) is 21.5. The van der Waals surface area contributed by atoms with E-state index in [2.05, 4.69) is 116 Å². The Balaban J connectivity index is 1.63. The first kappa shape index (κ1) is 21.2. The third-order valence-electron chi connectivity index (χ3n) is 5.19. The molecule has 4 aromatic carbocycles. The van der Waals surface area contributed by atoms with E-state index in [-0.39, 0.29) is 0 Å². The zero-order valence-corrected chi connectivity index (χ0v) is 19.1. The van der Waals surface area contributed by atoms with Crippen molar-refractivity contribution in [1.29, 1.82) is 0 Å². The summed E-state index contributed by atoms with van der Waals surface area (Å²) in [5, 5.41) is 2.58. The van der Waals surface area contributed by atoms with Gasteiger partial charge >= 0.3 is 0 Å². The zero-order valence-electron chi connectivity index (χ0n) is 18.1. The lowest BCUT2D eigenvalue weighted by atomic mass is 10.1. The minimum absolute atomic E-state index is 0.525. The van der Waals surface area contributed by atoms with Crippen molar-refractivity contribution in [3.05, 3.63) is 120 Å². The van der Waals surface area contributed by atoms with Gasteiger partial charge in [-0.05, 0) is 41.3 Å². The van der Waals surface area contributed by atoms with Gasteiger partial charge in [-0.15, -0.1) is 0 Å². The monoisotopic (exact) mass is 425 g/mol. The van der Waals surface area contributed by atoms with Gasteiger partial charge in [0.05, 0.1) is 0 Å². The molecule has 156 valence electrons. The highest BCUT2D eigenvalue weighted by molar-refractivity contribution is 7.56. The fraction of sp³-hybridized carbons (Fsp3) is 0.143. The summed E-state index contributed by atoms with van der Waals surface area (Å²) >= 11 is 0. The number of rotatable bonds is 8. The lowest BCUT2D eigenvalue weighted by molar-refractivity contribution is 0.309. The van der Waals surface area contributed by atoms with E-state index in [0.29, 0.717) is 15.2 Å². The molecule has 1 atom stereocenters. The minimum atomic E-state index is 0.525. The van der Waals surface area contributed by atoms with Crippen LogP contribution in [-0.2, 0) is 13.0 Å². The van der Waals surface area contributed by atoms with Crippen LogP contribution < -0.4 is 20.2 Å². The Labute approximate surface area is 187 Å². The third-order valence-corrected chi connectivity index (χ3v) is 6.54. The highest BCUT2D eigenvalue weighted by Gasteiger charge is 2.11. The molecule has 0 radical (unpaired) electrons. The molecule has 1 unspecified atom stereocenters. The van der Waals surface area contributed by atoms with Gasteiger partial charge in [-0.25, -0.2) is 0 Å². The summed E-state index contributed by atoms with van der Waals surface area (Å²) in [5.41, 5.74) is 5.06. The largest absolute Gasteiger partial charge is 0.488 e. The second-order valence-electron chi connectivity index (χ2n) is 7.80. The predicted molar refractivity (Wildman–Crippen MR) is 135 cm³/mol. The first-order valence-corrected chi connectivity index (χ1v) is 11.6. The van der Waals surface area contributed by atoms with E-state index in [9.17, 15) is 0 Å². The summed E-state index contributed by atoms with van der Waals surface area (Å²) in [6, 6.07) is 36.3. The van der Waals surface area contributed by atoms with Gasteiger partial charge in [0, 0.05) is 30.4 Å².